The second kappa shape index (κ2) is 7.78. The molecule has 2 fully saturated rings. The fourth-order valence-corrected chi connectivity index (χ4v) is 3.87. The Balaban J connectivity index is 1.41. The van der Waals surface area contributed by atoms with E-state index in [1.807, 2.05) is 4.90 Å². The average molecular weight is 372 g/mol. The third-order valence-electron chi connectivity index (χ3n) is 5.47. The van der Waals surface area contributed by atoms with Crippen molar-refractivity contribution in [1.82, 2.24) is 19.6 Å². The van der Waals surface area contributed by atoms with Crippen LogP contribution in [0.25, 0.3) is 5.69 Å². The van der Waals surface area contributed by atoms with E-state index in [0.717, 1.165) is 39.1 Å². The summed E-state index contributed by atoms with van der Waals surface area (Å²) in [5.41, 5.74) is 1.55. The lowest BCUT2D eigenvalue weighted by atomic mass is 10.2. The van der Waals surface area contributed by atoms with Crippen LogP contribution in [0.4, 0.5) is 4.39 Å². The minimum Gasteiger partial charge on any atom is -0.377 e. The number of carbonyl (C=O) groups excluding carboxylic acids is 1. The highest BCUT2D eigenvalue weighted by Crippen LogP contribution is 2.19. The Morgan fingerprint density at radius 2 is 2.04 bits per heavy atom. The molecule has 0 bridgehead atoms. The summed E-state index contributed by atoms with van der Waals surface area (Å²) in [6, 6.07) is 6.45. The van der Waals surface area contributed by atoms with Gasteiger partial charge >= 0.3 is 0 Å². The number of halogens is 1. The van der Waals surface area contributed by atoms with Crippen LogP contribution in [0.5, 0.6) is 0 Å². The smallest absolute Gasteiger partial charge is 0.257 e. The van der Waals surface area contributed by atoms with Gasteiger partial charge in [0.2, 0.25) is 0 Å². The van der Waals surface area contributed by atoms with Crippen molar-refractivity contribution in [2.45, 2.75) is 25.9 Å². The fourth-order valence-electron chi connectivity index (χ4n) is 3.87. The minimum absolute atomic E-state index is 0.0353. The molecule has 1 unspecified atom stereocenters. The van der Waals surface area contributed by atoms with Crippen LogP contribution in [0.3, 0.4) is 0 Å². The number of aromatic nitrogens is 2. The molecule has 0 aliphatic carbocycles. The van der Waals surface area contributed by atoms with Gasteiger partial charge in [0.15, 0.2) is 0 Å². The number of hydrogen-bond acceptors (Lipinski definition) is 4. The normalized spacial score (nSPS) is 21.0. The molecule has 144 valence electrons. The molecule has 1 aromatic heterocycles. The topological polar surface area (TPSA) is 50.6 Å². The highest BCUT2D eigenvalue weighted by atomic mass is 19.1. The second-order valence-corrected chi connectivity index (χ2v) is 7.23. The number of hydrogen-bond donors (Lipinski definition) is 0. The molecule has 6 nitrogen and oxygen atoms in total. The Kier molecular flexibility index (Phi) is 5.22. The molecule has 1 aromatic carbocycles. The van der Waals surface area contributed by atoms with Crippen LogP contribution in [0.2, 0.25) is 0 Å². The number of carbonyl (C=O) groups is 1. The third kappa shape index (κ3) is 3.75. The molecule has 2 aliphatic rings. The van der Waals surface area contributed by atoms with Gasteiger partial charge in [-0.3, -0.25) is 9.69 Å². The number of benzene rings is 1. The molecule has 7 heteroatoms. The Morgan fingerprint density at radius 1 is 1.26 bits per heavy atom. The Labute approximate surface area is 158 Å². The van der Waals surface area contributed by atoms with Crippen molar-refractivity contribution in [3.8, 4) is 5.69 Å². The van der Waals surface area contributed by atoms with E-state index in [0.29, 0.717) is 36.1 Å². The molecule has 0 spiro atoms. The van der Waals surface area contributed by atoms with Crippen LogP contribution < -0.4 is 0 Å². The van der Waals surface area contributed by atoms with Gasteiger partial charge in [0.1, 0.15) is 11.5 Å². The van der Waals surface area contributed by atoms with Crippen LogP contribution in [0.15, 0.2) is 30.5 Å². The molecular formula is C20H25FN4O2. The maximum absolute atomic E-state index is 14.1. The highest BCUT2D eigenvalue weighted by Gasteiger charge is 2.27. The Bertz CT molecular complexity index is 808. The SMILES string of the molecule is Cc1c(C(=O)N2CCN(CC3CCCO3)CC2)cnn1-c1ccccc1F. The fraction of sp³-hybridized carbons (Fsp3) is 0.500. The summed E-state index contributed by atoms with van der Waals surface area (Å²) < 4.78 is 21.3. The summed E-state index contributed by atoms with van der Waals surface area (Å²) in [6.45, 7) is 6.71. The molecule has 4 rings (SSSR count). The van der Waals surface area contributed by atoms with Crippen LogP contribution in [0, 0.1) is 12.7 Å². The third-order valence-corrected chi connectivity index (χ3v) is 5.47. The molecular weight excluding hydrogens is 347 g/mol. The van der Waals surface area contributed by atoms with E-state index in [-0.39, 0.29) is 11.7 Å². The number of rotatable bonds is 4. The van der Waals surface area contributed by atoms with Crippen molar-refractivity contribution in [2.75, 3.05) is 39.3 Å². The van der Waals surface area contributed by atoms with Gasteiger partial charge < -0.3 is 9.64 Å². The average Bonchev–Trinajstić information content (AvgIpc) is 3.32. The first kappa shape index (κ1) is 18.1. The van der Waals surface area contributed by atoms with Crippen molar-refractivity contribution in [1.29, 1.82) is 0 Å². The maximum Gasteiger partial charge on any atom is 0.257 e. The summed E-state index contributed by atoms with van der Waals surface area (Å²) in [7, 11) is 0. The first-order chi connectivity index (χ1) is 13.1. The quantitative estimate of drug-likeness (QED) is 0.826. The lowest BCUT2D eigenvalue weighted by Crippen LogP contribution is -2.50. The molecule has 2 aliphatic heterocycles. The van der Waals surface area contributed by atoms with E-state index >= 15 is 0 Å². The van der Waals surface area contributed by atoms with Crippen molar-refractivity contribution >= 4 is 5.91 Å². The largest absolute Gasteiger partial charge is 0.377 e. The van der Waals surface area contributed by atoms with E-state index in [1.54, 1.807) is 31.3 Å². The first-order valence-corrected chi connectivity index (χ1v) is 9.56. The Morgan fingerprint density at radius 3 is 2.74 bits per heavy atom. The van der Waals surface area contributed by atoms with E-state index in [4.69, 9.17) is 4.74 Å². The molecule has 2 aromatic rings. The van der Waals surface area contributed by atoms with Gasteiger partial charge in [-0.15, -0.1) is 0 Å². The van der Waals surface area contributed by atoms with Crippen molar-refractivity contribution in [3.05, 3.63) is 47.5 Å². The summed E-state index contributed by atoms with van der Waals surface area (Å²) in [6.07, 6.45) is 4.17. The lowest BCUT2D eigenvalue weighted by Gasteiger charge is -2.35. The Hall–Kier alpha value is -2.25. The standard InChI is InChI=1S/C20H25FN4O2/c1-15-17(13-22-25(15)19-7-3-2-6-18(19)21)20(26)24-10-8-23(9-11-24)14-16-5-4-12-27-16/h2-3,6-7,13,16H,4-5,8-12,14H2,1H3. The van der Waals surface area contributed by atoms with Crippen LogP contribution in [-0.2, 0) is 4.74 Å². The zero-order valence-corrected chi connectivity index (χ0v) is 15.6. The van der Waals surface area contributed by atoms with Crippen LogP contribution >= 0.6 is 0 Å². The van der Waals surface area contributed by atoms with Gasteiger partial charge in [-0.25, -0.2) is 9.07 Å². The summed E-state index contributed by atoms with van der Waals surface area (Å²) in [4.78, 5) is 17.2. The number of para-hydroxylation sites is 1. The van der Waals surface area contributed by atoms with Gasteiger partial charge in [-0.2, -0.15) is 5.10 Å². The lowest BCUT2D eigenvalue weighted by molar-refractivity contribution is 0.0432. The predicted octanol–water partition coefficient (Wildman–Crippen LogP) is 2.26. The molecule has 0 N–H and O–H groups in total. The second-order valence-electron chi connectivity index (χ2n) is 7.23. The number of amides is 1. The monoisotopic (exact) mass is 372 g/mol. The van der Waals surface area contributed by atoms with Gasteiger partial charge in [0.25, 0.3) is 5.91 Å². The van der Waals surface area contributed by atoms with Crippen molar-refractivity contribution in [2.24, 2.45) is 0 Å². The maximum atomic E-state index is 14.1. The zero-order valence-electron chi connectivity index (χ0n) is 15.6. The minimum atomic E-state index is -0.356. The first-order valence-electron chi connectivity index (χ1n) is 9.56. The molecule has 1 atom stereocenters. The zero-order chi connectivity index (χ0) is 18.8. The van der Waals surface area contributed by atoms with Gasteiger partial charge in [-0.05, 0) is 31.9 Å². The predicted molar refractivity (Wildman–Crippen MR) is 99.6 cm³/mol. The molecule has 1 amide bonds. The molecule has 27 heavy (non-hydrogen) atoms. The van der Waals surface area contributed by atoms with Gasteiger partial charge in [0, 0.05) is 39.3 Å². The van der Waals surface area contributed by atoms with E-state index in [1.165, 1.54) is 10.7 Å². The van der Waals surface area contributed by atoms with Gasteiger partial charge in [0.05, 0.1) is 23.6 Å². The van der Waals surface area contributed by atoms with Crippen LogP contribution in [-0.4, -0.2) is 70.9 Å². The van der Waals surface area contributed by atoms with Gasteiger partial charge in [-0.1, -0.05) is 12.1 Å². The number of nitrogens with zero attached hydrogens (tertiary/aromatic N) is 4. The number of piperazine rings is 1. The summed E-state index contributed by atoms with van der Waals surface area (Å²) in [5, 5.41) is 4.25. The number of ether oxygens (including phenoxy) is 1. The highest BCUT2D eigenvalue weighted by molar-refractivity contribution is 5.95. The van der Waals surface area contributed by atoms with Crippen molar-refractivity contribution in [3.63, 3.8) is 0 Å². The molecule has 2 saturated heterocycles. The molecule has 0 saturated carbocycles. The van der Waals surface area contributed by atoms with Crippen LogP contribution in [0.1, 0.15) is 28.9 Å². The van der Waals surface area contributed by atoms with Crippen molar-refractivity contribution < 1.29 is 13.9 Å². The molecule has 3 heterocycles. The van der Waals surface area contributed by atoms with E-state index < -0.39 is 0 Å². The summed E-state index contributed by atoms with van der Waals surface area (Å²) in [5.74, 6) is -0.391. The summed E-state index contributed by atoms with van der Waals surface area (Å²) >= 11 is 0. The molecule has 0 radical (unpaired) electrons. The van der Waals surface area contributed by atoms with E-state index in [9.17, 15) is 9.18 Å². The van der Waals surface area contributed by atoms with E-state index in [2.05, 4.69) is 10.00 Å².